The number of nitrogens with zero attached hydrogens (tertiary/aromatic N) is 3. The second kappa shape index (κ2) is 11.3. The second-order valence-corrected chi connectivity index (χ2v) is 9.92. The van der Waals surface area contributed by atoms with Gasteiger partial charge in [-0.1, -0.05) is 48.0 Å². The Morgan fingerprint density at radius 2 is 1.62 bits per heavy atom. The number of benzene rings is 3. The van der Waals surface area contributed by atoms with Crippen LogP contribution in [0.4, 0.5) is 11.4 Å². The molecule has 1 N–H and O–H groups in total. The van der Waals surface area contributed by atoms with Crippen LogP contribution in [0, 0.1) is 6.92 Å². The summed E-state index contributed by atoms with van der Waals surface area (Å²) in [7, 11) is 1.54. The van der Waals surface area contributed by atoms with Gasteiger partial charge in [0.1, 0.15) is 16.5 Å². The first-order valence-electron chi connectivity index (χ1n) is 12.7. The number of nitrogens with one attached hydrogen (secondary N) is 1. The van der Waals surface area contributed by atoms with Crippen molar-refractivity contribution in [1.29, 1.82) is 0 Å². The number of ether oxygens (including phenoxy) is 1. The average molecular weight is 545 g/mol. The first kappa shape index (κ1) is 26.5. The molecule has 2 aliphatic heterocycles. The molecular formula is C30H29ClN4O4. The summed E-state index contributed by atoms with van der Waals surface area (Å²) in [5.74, 6) is -0.662. The molecule has 3 aromatic rings. The summed E-state index contributed by atoms with van der Waals surface area (Å²) in [6.45, 7) is 5.55. The lowest BCUT2D eigenvalue weighted by Crippen LogP contribution is -2.48. The summed E-state index contributed by atoms with van der Waals surface area (Å²) >= 11 is 6.33. The molecule has 0 aliphatic carbocycles. The van der Waals surface area contributed by atoms with E-state index >= 15 is 0 Å². The predicted molar refractivity (Wildman–Crippen MR) is 151 cm³/mol. The van der Waals surface area contributed by atoms with Gasteiger partial charge in [0.15, 0.2) is 0 Å². The molecular weight excluding hydrogens is 516 g/mol. The number of carbonyl (C=O) groups is 3. The Morgan fingerprint density at radius 1 is 0.923 bits per heavy atom. The zero-order chi connectivity index (χ0) is 27.5. The number of piperazine rings is 1. The van der Waals surface area contributed by atoms with Gasteiger partial charge in [-0.2, -0.15) is 0 Å². The Kier molecular flexibility index (Phi) is 7.67. The number of rotatable bonds is 7. The van der Waals surface area contributed by atoms with Crippen LogP contribution in [0.2, 0.25) is 0 Å². The maximum absolute atomic E-state index is 13.3. The highest BCUT2D eigenvalue weighted by molar-refractivity contribution is 6.53. The quantitative estimate of drug-likeness (QED) is 0.444. The lowest BCUT2D eigenvalue weighted by Gasteiger charge is -2.35. The van der Waals surface area contributed by atoms with E-state index in [1.165, 1.54) is 12.7 Å². The van der Waals surface area contributed by atoms with Gasteiger partial charge in [-0.15, -0.1) is 0 Å². The van der Waals surface area contributed by atoms with Crippen molar-refractivity contribution in [2.24, 2.45) is 0 Å². The lowest BCUT2D eigenvalue weighted by atomic mass is 10.1. The molecule has 2 heterocycles. The first-order valence-corrected chi connectivity index (χ1v) is 13.1. The number of anilines is 2. The Balaban J connectivity index is 1.27. The number of halogens is 1. The van der Waals surface area contributed by atoms with Gasteiger partial charge in [0.2, 0.25) is 0 Å². The number of methoxy groups -OCH3 is 1. The third-order valence-electron chi connectivity index (χ3n) is 7.01. The molecule has 2 aliphatic rings. The molecule has 1 fully saturated rings. The molecule has 3 amide bonds. The molecule has 9 heteroatoms. The summed E-state index contributed by atoms with van der Waals surface area (Å²) in [6, 6.07) is 22.2. The fourth-order valence-corrected chi connectivity index (χ4v) is 4.95. The van der Waals surface area contributed by atoms with Crippen molar-refractivity contribution < 1.29 is 19.1 Å². The van der Waals surface area contributed by atoms with Crippen LogP contribution in [-0.2, 0) is 16.1 Å². The molecule has 1 saturated heterocycles. The van der Waals surface area contributed by atoms with E-state index in [0.717, 1.165) is 30.1 Å². The highest BCUT2D eigenvalue weighted by Gasteiger charge is 2.39. The van der Waals surface area contributed by atoms with Crippen LogP contribution in [0.1, 0.15) is 21.5 Å². The van der Waals surface area contributed by atoms with Crippen LogP contribution in [0.15, 0.2) is 83.5 Å². The SMILES string of the molecule is COc1ccc(N2C(=O)C(Cl)=C(Nc3cc(C(=O)N4CCN(Cc5ccccc5)CC4)ccc3C)C2=O)cc1. The van der Waals surface area contributed by atoms with Crippen LogP contribution in [0.3, 0.4) is 0 Å². The van der Waals surface area contributed by atoms with E-state index in [4.69, 9.17) is 16.3 Å². The highest BCUT2D eigenvalue weighted by Crippen LogP contribution is 2.32. The van der Waals surface area contributed by atoms with Crippen LogP contribution in [-0.4, -0.2) is 60.8 Å². The van der Waals surface area contributed by atoms with Gasteiger partial charge in [-0.25, -0.2) is 4.90 Å². The summed E-state index contributed by atoms with van der Waals surface area (Å²) in [5, 5.41) is 2.82. The van der Waals surface area contributed by atoms with E-state index in [1.54, 1.807) is 36.4 Å². The Bertz CT molecular complexity index is 1430. The fourth-order valence-electron chi connectivity index (χ4n) is 4.73. The molecule has 5 rings (SSSR count). The van der Waals surface area contributed by atoms with Crippen LogP contribution < -0.4 is 15.0 Å². The van der Waals surface area contributed by atoms with Crippen LogP contribution >= 0.6 is 11.6 Å². The normalized spacial score (nSPS) is 16.2. The maximum atomic E-state index is 13.3. The summed E-state index contributed by atoms with van der Waals surface area (Å²) in [6.07, 6.45) is 0. The molecule has 8 nitrogen and oxygen atoms in total. The maximum Gasteiger partial charge on any atom is 0.283 e. The number of carbonyl (C=O) groups excluding carboxylic acids is 3. The van der Waals surface area contributed by atoms with Crippen LogP contribution in [0.5, 0.6) is 5.75 Å². The van der Waals surface area contributed by atoms with Gasteiger partial charge in [-0.05, 0) is 54.4 Å². The van der Waals surface area contributed by atoms with Gasteiger partial charge < -0.3 is 15.0 Å². The molecule has 0 aromatic heterocycles. The average Bonchev–Trinajstić information content (AvgIpc) is 3.17. The molecule has 39 heavy (non-hydrogen) atoms. The molecule has 0 spiro atoms. The van der Waals surface area contributed by atoms with Crippen molar-refractivity contribution in [2.75, 3.05) is 43.5 Å². The first-order chi connectivity index (χ1) is 18.9. The fraction of sp³-hybridized carbons (Fsp3) is 0.233. The molecule has 0 radical (unpaired) electrons. The Labute approximate surface area is 232 Å². The summed E-state index contributed by atoms with van der Waals surface area (Å²) in [4.78, 5) is 44.6. The second-order valence-electron chi connectivity index (χ2n) is 9.54. The summed E-state index contributed by atoms with van der Waals surface area (Å²) < 4.78 is 5.15. The number of amides is 3. The molecule has 200 valence electrons. The molecule has 0 atom stereocenters. The Hall–Kier alpha value is -4.14. The monoisotopic (exact) mass is 544 g/mol. The number of aryl methyl sites for hydroxylation is 1. The minimum atomic E-state index is -0.618. The number of hydrogen-bond donors (Lipinski definition) is 1. The van der Waals surface area contributed by atoms with Gasteiger partial charge >= 0.3 is 0 Å². The smallest absolute Gasteiger partial charge is 0.283 e. The van der Waals surface area contributed by atoms with E-state index < -0.39 is 11.8 Å². The minimum Gasteiger partial charge on any atom is -0.497 e. The van der Waals surface area contributed by atoms with E-state index in [9.17, 15) is 14.4 Å². The third-order valence-corrected chi connectivity index (χ3v) is 7.36. The highest BCUT2D eigenvalue weighted by atomic mass is 35.5. The van der Waals surface area contributed by atoms with Gasteiger partial charge in [0, 0.05) is 44.0 Å². The van der Waals surface area contributed by atoms with E-state index in [-0.39, 0.29) is 16.6 Å². The molecule has 0 saturated carbocycles. The van der Waals surface area contributed by atoms with Crippen LogP contribution in [0.25, 0.3) is 0 Å². The van der Waals surface area contributed by atoms with Gasteiger partial charge in [-0.3, -0.25) is 19.3 Å². The predicted octanol–water partition coefficient (Wildman–Crippen LogP) is 4.40. The van der Waals surface area contributed by atoms with Crippen molar-refractivity contribution in [3.05, 3.63) is 100 Å². The zero-order valence-electron chi connectivity index (χ0n) is 21.8. The molecule has 3 aromatic carbocycles. The third kappa shape index (κ3) is 5.53. The standard InChI is InChI=1S/C30H29ClN4O4/c1-20-8-9-22(28(36)34-16-14-33(15-17-34)19-21-6-4-3-5-7-21)18-25(20)32-27-26(31)29(37)35(30(27)38)23-10-12-24(39-2)13-11-23/h3-13,18,32H,14-17,19H2,1-2H3. The van der Waals surface area contributed by atoms with E-state index in [1.807, 2.05) is 36.1 Å². The van der Waals surface area contributed by atoms with Crippen molar-refractivity contribution in [1.82, 2.24) is 9.80 Å². The summed E-state index contributed by atoms with van der Waals surface area (Å²) in [5.41, 5.74) is 3.45. The largest absolute Gasteiger partial charge is 0.497 e. The number of hydrogen-bond acceptors (Lipinski definition) is 6. The van der Waals surface area contributed by atoms with Crippen molar-refractivity contribution in [2.45, 2.75) is 13.5 Å². The Morgan fingerprint density at radius 3 is 2.28 bits per heavy atom. The van der Waals surface area contributed by atoms with E-state index in [0.29, 0.717) is 35.8 Å². The van der Waals surface area contributed by atoms with Crippen molar-refractivity contribution in [3.63, 3.8) is 0 Å². The van der Waals surface area contributed by atoms with E-state index in [2.05, 4.69) is 22.3 Å². The lowest BCUT2D eigenvalue weighted by molar-refractivity contribution is -0.120. The molecule has 0 unspecified atom stereocenters. The number of imide groups is 1. The van der Waals surface area contributed by atoms with Crippen molar-refractivity contribution in [3.8, 4) is 5.75 Å². The van der Waals surface area contributed by atoms with Gasteiger partial charge in [0.05, 0.1) is 12.8 Å². The van der Waals surface area contributed by atoms with Gasteiger partial charge in [0.25, 0.3) is 17.7 Å². The minimum absolute atomic E-state index is 0.0280. The molecule has 0 bridgehead atoms. The topological polar surface area (TPSA) is 82.2 Å². The van der Waals surface area contributed by atoms with Crippen molar-refractivity contribution >= 4 is 40.7 Å². The zero-order valence-corrected chi connectivity index (χ0v) is 22.6.